The first-order chi connectivity index (χ1) is 9.61. The molecule has 0 amide bonds. The highest BCUT2D eigenvalue weighted by molar-refractivity contribution is 5.37. The summed E-state index contributed by atoms with van der Waals surface area (Å²) in [5, 5.41) is 10.6. The van der Waals surface area contributed by atoms with Gasteiger partial charge in [0.15, 0.2) is 0 Å². The van der Waals surface area contributed by atoms with Gasteiger partial charge in [0.05, 0.1) is 12.0 Å². The zero-order chi connectivity index (χ0) is 14.5. The second kappa shape index (κ2) is 6.01. The lowest BCUT2D eigenvalue weighted by atomic mass is 10.2. The molecule has 0 aliphatic rings. The number of nitrogens with zero attached hydrogens (tertiary/aromatic N) is 1. The van der Waals surface area contributed by atoms with Gasteiger partial charge >= 0.3 is 5.69 Å². The van der Waals surface area contributed by atoms with Crippen LogP contribution in [-0.2, 0) is 6.61 Å². The summed E-state index contributed by atoms with van der Waals surface area (Å²) in [6.07, 6.45) is 0. The fourth-order valence-corrected chi connectivity index (χ4v) is 1.67. The molecular formula is C14H12FNO4. The predicted molar refractivity (Wildman–Crippen MR) is 70.4 cm³/mol. The van der Waals surface area contributed by atoms with Crippen LogP contribution in [0.25, 0.3) is 0 Å². The molecule has 104 valence electrons. The van der Waals surface area contributed by atoms with Crippen molar-refractivity contribution in [3.05, 3.63) is 64.0 Å². The summed E-state index contributed by atoms with van der Waals surface area (Å²) in [6, 6.07) is 10.8. The maximum atomic E-state index is 13.8. The van der Waals surface area contributed by atoms with Crippen LogP contribution in [-0.4, -0.2) is 12.0 Å². The van der Waals surface area contributed by atoms with Gasteiger partial charge in [0, 0.05) is 17.7 Å². The molecule has 0 unspecified atom stereocenters. The van der Waals surface area contributed by atoms with Crippen LogP contribution in [0, 0.1) is 15.9 Å². The number of halogens is 1. The molecule has 0 spiro atoms. The molecule has 0 N–H and O–H groups in total. The van der Waals surface area contributed by atoms with Crippen LogP contribution in [0.5, 0.6) is 11.5 Å². The highest BCUT2D eigenvalue weighted by Gasteiger charge is 2.17. The molecule has 20 heavy (non-hydrogen) atoms. The number of benzene rings is 2. The van der Waals surface area contributed by atoms with E-state index < -0.39 is 16.4 Å². The maximum absolute atomic E-state index is 13.8. The summed E-state index contributed by atoms with van der Waals surface area (Å²) in [4.78, 5) is 9.88. The second-order valence-electron chi connectivity index (χ2n) is 3.98. The van der Waals surface area contributed by atoms with E-state index in [0.717, 1.165) is 6.07 Å². The van der Waals surface area contributed by atoms with E-state index in [1.165, 1.54) is 19.2 Å². The van der Waals surface area contributed by atoms with Crippen LogP contribution in [0.3, 0.4) is 0 Å². The highest BCUT2D eigenvalue weighted by atomic mass is 19.1. The molecular weight excluding hydrogens is 265 g/mol. The Morgan fingerprint density at radius 2 is 1.90 bits per heavy atom. The van der Waals surface area contributed by atoms with E-state index in [1.54, 1.807) is 24.3 Å². The molecule has 0 aliphatic heterocycles. The third kappa shape index (κ3) is 3.03. The quantitative estimate of drug-likeness (QED) is 0.621. The zero-order valence-electron chi connectivity index (χ0n) is 10.7. The van der Waals surface area contributed by atoms with Crippen molar-refractivity contribution < 1.29 is 18.8 Å². The average molecular weight is 277 g/mol. The molecule has 2 rings (SSSR count). The molecule has 0 saturated carbocycles. The van der Waals surface area contributed by atoms with Gasteiger partial charge in [-0.05, 0) is 12.1 Å². The van der Waals surface area contributed by atoms with Crippen LogP contribution in [0.4, 0.5) is 10.1 Å². The van der Waals surface area contributed by atoms with Gasteiger partial charge in [0.25, 0.3) is 0 Å². The minimum atomic E-state index is -0.875. The van der Waals surface area contributed by atoms with Crippen molar-refractivity contribution in [2.45, 2.75) is 6.61 Å². The Bertz CT molecular complexity index is 630. The summed E-state index contributed by atoms with van der Waals surface area (Å²) in [5.74, 6) is 0.234. The topological polar surface area (TPSA) is 61.6 Å². The third-order valence-electron chi connectivity index (χ3n) is 2.69. The molecule has 0 fully saturated rings. The molecule has 0 aliphatic carbocycles. The summed E-state index contributed by atoms with van der Waals surface area (Å²) in [7, 11) is 1.53. The van der Waals surface area contributed by atoms with E-state index in [9.17, 15) is 14.5 Å². The molecule has 6 heteroatoms. The minimum absolute atomic E-state index is 0.0965. The smallest absolute Gasteiger partial charge is 0.305 e. The number of ether oxygens (including phenoxy) is 2. The number of rotatable bonds is 5. The van der Waals surface area contributed by atoms with Gasteiger partial charge in [0.1, 0.15) is 18.1 Å². The highest BCUT2D eigenvalue weighted by Crippen LogP contribution is 2.23. The largest absolute Gasteiger partial charge is 0.497 e. The maximum Gasteiger partial charge on any atom is 0.305 e. The van der Waals surface area contributed by atoms with Crippen LogP contribution in [0.1, 0.15) is 5.56 Å². The van der Waals surface area contributed by atoms with Gasteiger partial charge in [0.2, 0.25) is 5.82 Å². The molecule has 0 radical (unpaired) electrons. The lowest BCUT2D eigenvalue weighted by Crippen LogP contribution is -2.01. The normalized spacial score (nSPS) is 10.1. The third-order valence-corrected chi connectivity index (χ3v) is 2.69. The van der Waals surface area contributed by atoms with E-state index in [4.69, 9.17) is 9.47 Å². The monoisotopic (exact) mass is 277 g/mol. The minimum Gasteiger partial charge on any atom is -0.497 e. The van der Waals surface area contributed by atoms with Crippen molar-refractivity contribution >= 4 is 5.69 Å². The lowest BCUT2D eigenvalue weighted by Gasteiger charge is -2.08. The van der Waals surface area contributed by atoms with Gasteiger partial charge in [-0.3, -0.25) is 10.1 Å². The predicted octanol–water partition coefficient (Wildman–Crippen LogP) is 3.32. The van der Waals surface area contributed by atoms with Crippen molar-refractivity contribution in [3.63, 3.8) is 0 Å². The van der Waals surface area contributed by atoms with Gasteiger partial charge < -0.3 is 9.47 Å². The molecule has 0 heterocycles. The van der Waals surface area contributed by atoms with E-state index in [2.05, 4.69) is 0 Å². The van der Waals surface area contributed by atoms with Crippen molar-refractivity contribution in [1.29, 1.82) is 0 Å². The van der Waals surface area contributed by atoms with E-state index in [0.29, 0.717) is 11.5 Å². The number of methoxy groups -OCH3 is 1. The molecule has 0 atom stereocenters. The van der Waals surface area contributed by atoms with Gasteiger partial charge in [-0.15, -0.1) is 0 Å². The zero-order valence-corrected chi connectivity index (χ0v) is 10.7. The first kappa shape index (κ1) is 13.8. The molecule has 2 aromatic rings. The van der Waals surface area contributed by atoms with Gasteiger partial charge in [-0.2, -0.15) is 4.39 Å². The standard InChI is InChI=1S/C14H12FNO4/c1-19-11-5-3-6-12(8-11)20-9-10-4-2-7-13(14(10)15)16(17)18/h2-8H,9H2,1H3. The Labute approximate surface area is 114 Å². The SMILES string of the molecule is COc1cccc(OCc2cccc([N+](=O)[O-])c2F)c1. The Morgan fingerprint density at radius 1 is 1.20 bits per heavy atom. The van der Waals surface area contributed by atoms with Crippen molar-refractivity contribution in [1.82, 2.24) is 0 Å². The Hall–Kier alpha value is -2.63. The molecule has 5 nitrogen and oxygen atoms in total. The number of hydrogen-bond donors (Lipinski definition) is 0. The average Bonchev–Trinajstić information content (AvgIpc) is 2.46. The number of nitro benzene ring substituents is 1. The number of hydrogen-bond acceptors (Lipinski definition) is 4. The van der Waals surface area contributed by atoms with Gasteiger partial charge in [-0.25, -0.2) is 0 Å². The number of nitro groups is 1. The first-order valence-electron chi connectivity index (χ1n) is 5.80. The molecule has 2 aromatic carbocycles. The molecule has 0 bridgehead atoms. The van der Waals surface area contributed by atoms with Crippen molar-refractivity contribution in [3.8, 4) is 11.5 Å². The Balaban J connectivity index is 2.14. The van der Waals surface area contributed by atoms with Crippen LogP contribution < -0.4 is 9.47 Å². The van der Waals surface area contributed by atoms with Crippen LogP contribution >= 0.6 is 0 Å². The Morgan fingerprint density at radius 3 is 2.60 bits per heavy atom. The van der Waals surface area contributed by atoms with E-state index in [-0.39, 0.29) is 12.2 Å². The van der Waals surface area contributed by atoms with E-state index >= 15 is 0 Å². The second-order valence-corrected chi connectivity index (χ2v) is 3.98. The van der Waals surface area contributed by atoms with E-state index in [1.807, 2.05) is 0 Å². The van der Waals surface area contributed by atoms with Crippen molar-refractivity contribution in [2.24, 2.45) is 0 Å². The summed E-state index contributed by atoms with van der Waals surface area (Å²) in [6.45, 7) is -0.0965. The first-order valence-corrected chi connectivity index (χ1v) is 5.80. The van der Waals surface area contributed by atoms with Crippen molar-refractivity contribution in [2.75, 3.05) is 7.11 Å². The molecule has 0 aromatic heterocycles. The summed E-state index contributed by atoms with van der Waals surface area (Å²) >= 11 is 0. The van der Waals surface area contributed by atoms with Crippen LogP contribution in [0.15, 0.2) is 42.5 Å². The van der Waals surface area contributed by atoms with Gasteiger partial charge in [-0.1, -0.05) is 18.2 Å². The lowest BCUT2D eigenvalue weighted by molar-refractivity contribution is -0.387. The summed E-state index contributed by atoms with van der Waals surface area (Å²) in [5.41, 5.74) is -0.432. The molecule has 0 saturated heterocycles. The van der Waals surface area contributed by atoms with Crippen LogP contribution in [0.2, 0.25) is 0 Å². The Kier molecular flexibility index (Phi) is 4.14. The fourth-order valence-electron chi connectivity index (χ4n) is 1.67. The fraction of sp³-hybridized carbons (Fsp3) is 0.143. The summed E-state index contributed by atoms with van der Waals surface area (Å²) < 4.78 is 24.3.